The molecule has 0 amide bonds. The number of quaternary nitrogens is 1. The average Bonchev–Trinajstić information content (AvgIpc) is 2.69. The van der Waals surface area contributed by atoms with E-state index in [1.807, 2.05) is 36.4 Å². The van der Waals surface area contributed by atoms with Crippen molar-refractivity contribution in [2.45, 2.75) is 6.54 Å². The second-order valence-electron chi connectivity index (χ2n) is 6.64. The Hall–Kier alpha value is -2.86. The highest BCUT2D eigenvalue weighted by atomic mass is 16.5. The highest BCUT2D eigenvalue weighted by Crippen LogP contribution is 2.19. The van der Waals surface area contributed by atoms with Gasteiger partial charge in [0.15, 0.2) is 5.82 Å². The SMILES string of the molecule is COc1ccc(N2CC[NH+](Cc3nc4ccccc4c(=O)[nH]3)CC2)cc1. The molecule has 134 valence electrons. The molecule has 3 aromatic rings. The summed E-state index contributed by atoms with van der Waals surface area (Å²) < 4.78 is 5.22. The number of para-hydroxylation sites is 1. The minimum Gasteiger partial charge on any atom is -0.497 e. The molecule has 1 aromatic heterocycles. The van der Waals surface area contributed by atoms with Crippen molar-refractivity contribution in [3.8, 4) is 5.75 Å². The molecule has 0 bridgehead atoms. The summed E-state index contributed by atoms with van der Waals surface area (Å²) in [6, 6.07) is 15.7. The Morgan fingerprint density at radius 3 is 2.58 bits per heavy atom. The van der Waals surface area contributed by atoms with Crippen LogP contribution < -0.4 is 20.1 Å². The van der Waals surface area contributed by atoms with E-state index >= 15 is 0 Å². The second kappa shape index (κ2) is 7.17. The summed E-state index contributed by atoms with van der Waals surface area (Å²) >= 11 is 0. The molecule has 1 fully saturated rings. The van der Waals surface area contributed by atoms with Crippen molar-refractivity contribution in [3.05, 3.63) is 64.7 Å². The van der Waals surface area contributed by atoms with Crippen LogP contribution in [0.3, 0.4) is 0 Å². The number of nitrogens with zero attached hydrogens (tertiary/aromatic N) is 2. The van der Waals surface area contributed by atoms with Gasteiger partial charge in [0.1, 0.15) is 12.3 Å². The first-order valence-corrected chi connectivity index (χ1v) is 8.93. The number of rotatable bonds is 4. The van der Waals surface area contributed by atoms with Crippen LogP contribution in [-0.4, -0.2) is 43.3 Å². The van der Waals surface area contributed by atoms with E-state index in [9.17, 15) is 4.79 Å². The summed E-state index contributed by atoms with van der Waals surface area (Å²) in [5, 5.41) is 0.649. The first-order chi connectivity index (χ1) is 12.7. The van der Waals surface area contributed by atoms with E-state index in [4.69, 9.17) is 4.74 Å². The Kier molecular flexibility index (Phi) is 4.58. The summed E-state index contributed by atoms with van der Waals surface area (Å²) in [4.78, 5) is 23.6. The fourth-order valence-electron chi connectivity index (χ4n) is 3.51. The first-order valence-electron chi connectivity index (χ1n) is 8.93. The Bertz CT molecular complexity index is 944. The van der Waals surface area contributed by atoms with Gasteiger partial charge in [-0.25, -0.2) is 4.98 Å². The van der Waals surface area contributed by atoms with Gasteiger partial charge in [0.2, 0.25) is 0 Å². The zero-order chi connectivity index (χ0) is 17.9. The fourth-order valence-corrected chi connectivity index (χ4v) is 3.51. The molecule has 0 atom stereocenters. The van der Waals surface area contributed by atoms with Crippen LogP contribution in [0.25, 0.3) is 10.9 Å². The predicted octanol–water partition coefficient (Wildman–Crippen LogP) is 0.837. The number of hydrogen-bond donors (Lipinski definition) is 2. The molecular weight excluding hydrogens is 328 g/mol. The number of fused-ring (bicyclic) bond motifs is 1. The predicted molar refractivity (Wildman–Crippen MR) is 102 cm³/mol. The van der Waals surface area contributed by atoms with E-state index in [2.05, 4.69) is 27.0 Å². The van der Waals surface area contributed by atoms with E-state index in [0.29, 0.717) is 5.39 Å². The van der Waals surface area contributed by atoms with Gasteiger partial charge in [-0.1, -0.05) is 12.1 Å². The fraction of sp³-hybridized carbons (Fsp3) is 0.300. The minimum absolute atomic E-state index is 0.0538. The molecule has 0 spiro atoms. The van der Waals surface area contributed by atoms with E-state index in [1.165, 1.54) is 10.6 Å². The molecule has 1 saturated heterocycles. The number of hydrogen-bond acceptors (Lipinski definition) is 4. The van der Waals surface area contributed by atoms with Gasteiger partial charge >= 0.3 is 0 Å². The highest BCUT2D eigenvalue weighted by Gasteiger charge is 2.21. The number of methoxy groups -OCH3 is 1. The van der Waals surface area contributed by atoms with Crippen molar-refractivity contribution in [1.29, 1.82) is 0 Å². The number of nitrogens with one attached hydrogen (secondary N) is 2. The Balaban J connectivity index is 1.41. The van der Waals surface area contributed by atoms with Gasteiger partial charge < -0.3 is 19.5 Å². The van der Waals surface area contributed by atoms with Crippen LogP contribution >= 0.6 is 0 Å². The third kappa shape index (κ3) is 3.41. The molecule has 6 nitrogen and oxygen atoms in total. The van der Waals surface area contributed by atoms with Gasteiger partial charge in [-0.15, -0.1) is 0 Å². The summed E-state index contributed by atoms with van der Waals surface area (Å²) in [5.41, 5.74) is 1.94. The smallest absolute Gasteiger partial charge is 0.258 e. The maximum atomic E-state index is 12.2. The van der Waals surface area contributed by atoms with Crippen LogP contribution in [-0.2, 0) is 6.54 Å². The van der Waals surface area contributed by atoms with Crippen molar-refractivity contribution in [1.82, 2.24) is 9.97 Å². The monoisotopic (exact) mass is 351 g/mol. The van der Waals surface area contributed by atoms with Gasteiger partial charge in [0, 0.05) is 5.69 Å². The van der Waals surface area contributed by atoms with Crippen LogP contribution in [0.1, 0.15) is 5.82 Å². The molecule has 2 N–H and O–H groups in total. The van der Waals surface area contributed by atoms with E-state index in [1.54, 1.807) is 7.11 Å². The van der Waals surface area contributed by atoms with Gasteiger partial charge in [-0.05, 0) is 36.4 Å². The molecular formula is C20H23N4O2+. The topological polar surface area (TPSA) is 62.7 Å². The number of aromatic nitrogens is 2. The molecule has 0 unspecified atom stereocenters. The molecule has 0 saturated carbocycles. The Morgan fingerprint density at radius 2 is 1.85 bits per heavy atom. The second-order valence-corrected chi connectivity index (χ2v) is 6.64. The van der Waals surface area contributed by atoms with Crippen LogP contribution in [0, 0.1) is 0 Å². The zero-order valence-electron chi connectivity index (χ0n) is 14.9. The molecule has 4 rings (SSSR count). The van der Waals surface area contributed by atoms with Crippen LogP contribution in [0.5, 0.6) is 5.75 Å². The van der Waals surface area contributed by atoms with Crippen molar-refractivity contribution < 1.29 is 9.64 Å². The van der Waals surface area contributed by atoms with Gasteiger partial charge in [-0.2, -0.15) is 0 Å². The van der Waals surface area contributed by atoms with E-state index < -0.39 is 0 Å². The zero-order valence-corrected chi connectivity index (χ0v) is 14.9. The number of ether oxygens (including phenoxy) is 1. The molecule has 26 heavy (non-hydrogen) atoms. The van der Waals surface area contributed by atoms with Crippen LogP contribution in [0.2, 0.25) is 0 Å². The van der Waals surface area contributed by atoms with Crippen molar-refractivity contribution in [2.24, 2.45) is 0 Å². The quantitative estimate of drug-likeness (QED) is 0.731. The number of anilines is 1. The molecule has 2 heterocycles. The number of piperazine rings is 1. The number of H-pyrrole nitrogens is 1. The van der Waals surface area contributed by atoms with Gasteiger partial charge in [-0.3, -0.25) is 4.79 Å². The van der Waals surface area contributed by atoms with Gasteiger partial charge in [0.05, 0.1) is 44.2 Å². The van der Waals surface area contributed by atoms with E-state index in [0.717, 1.165) is 49.8 Å². The molecule has 0 radical (unpaired) electrons. The lowest BCUT2D eigenvalue weighted by molar-refractivity contribution is -0.915. The average molecular weight is 351 g/mol. The first kappa shape index (κ1) is 16.6. The lowest BCUT2D eigenvalue weighted by atomic mass is 10.2. The Labute approximate surface area is 152 Å². The molecule has 6 heteroatoms. The number of benzene rings is 2. The van der Waals surface area contributed by atoms with Crippen molar-refractivity contribution >= 4 is 16.6 Å². The summed E-state index contributed by atoms with van der Waals surface area (Å²) in [7, 11) is 1.68. The van der Waals surface area contributed by atoms with Crippen molar-refractivity contribution in [2.75, 3.05) is 38.2 Å². The largest absolute Gasteiger partial charge is 0.497 e. The standard InChI is InChI=1S/C20H22N4O2/c1-26-16-8-6-15(7-9-16)24-12-10-23(11-13-24)14-19-21-18-5-3-2-4-17(18)20(25)22-19/h2-9H,10-14H2,1H3,(H,21,22,25)/p+1. The molecule has 1 aliphatic rings. The maximum Gasteiger partial charge on any atom is 0.258 e. The lowest BCUT2D eigenvalue weighted by Crippen LogP contribution is -3.13. The minimum atomic E-state index is -0.0538. The summed E-state index contributed by atoms with van der Waals surface area (Å²) in [6.45, 7) is 4.75. The molecule has 0 aliphatic carbocycles. The van der Waals surface area contributed by atoms with Gasteiger partial charge in [0.25, 0.3) is 5.56 Å². The molecule has 2 aromatic carbocycles. The van der Waals surface area contributed by atoms with Crippen LogP contribution in [0.15, 0.2) is 53.3 Å². The summed E-state index contributed by atoms with van der Waals surface area (Å²) in [6.07, 6.45) is 0. The summed E-state index contributed by atoms with van der Waals surface area (Å²) in [5.74, 6) is 1.64. The van der Waals surface area contributed by atoms with E-state index in [-0.39, 0.29) is 5.56 Å². The third-order valence-corrected chi connectivity index (χ3v) is 4.99. The lowest BCUT2D eigenvalue weighted by Gasteiger charge is -2.33. The van der Waals surface area contributed by atoms with Crippen molar-refractivity contribution in [3.63, 3.8) is 0 Å². The van der Waals surface area contributed by atoms with Crippen LogP contribution in [0.4, 0.5) is 5.69 Å². The Morgan fingerprint density at radius 1 is 1.12 bits per heavy atom. The number of aromatic amines is 1. The normalized spacial score (nSPS) is 15.3. The maximum absolute atomic E-state index is 12.2. The third-order valence-electron chi connectivity index (χ3n) is 4.99. The molecule has 1 aliphatic heterocycles. The highest BCUT2D eigenvalue weighted by molar-refractivity contribution is 5.77.